The summed E-state index contributed by atoms with van der Waals surface area (Å²) in [5.41, 5.74) is 8.23. The Balaban J connectivity index is 2.09. The maximum Gasteiger partial charge on any atom is 0.167 e. The Bertz CT molecular complexity index is 557. The molecule has 0 radical (unpaired) electrons. The van der Waals surface area contributed by atoms with Crippen LogP contribution in [0.1, 0.15) is 19.4 Å². The van der Waals surface area contributed by atoms with Gasteiger partial charge in [-0.05, 0) is 42.7 Å². The van der Waals surface area contributed by atoms with E-state index in [1.54, 1.807) is 17.4 Å². The highest BCUT2D eigenvalue weighted by molar-refractivity contribution is 7.07. The first-order valence-corrected chi connectivity index (χ1v) is 7.53. The molecule has 0 aliphatic heterocycles. The normalized spacial score (nSPS) is 12.2. The molecule has 0 spiro atoms. The quantitative estimate of drug-likeness (QED) is 0.794. The lowest BCUT2D eigenvalue weighted by Crippen LogP contribution is -2.18. The van der Waals surface area contributed by atoms with Crippen molar-refractivity contribution < 1.29 is 9.13 Å². The summed E-state index contributed by atoms with van der Waals surface area (Å²) < 4.78 is 18.9. The number of anilines is 2. The van der Waals surface area contributed by atoms with Gasteiger partial charge in [0.2, 0.25) is 0 Å². The number of ether oxygens (including phenoxy) is 1. The molecule has 0 aliphatic carbocycles. The number of nitrogen functional groups attached to an aromatic ring is 1. The Hall–Kier alpha value is -1.75. The van der Waals surface area contributed by atoms with Gasteiger partial charge in [0.15, 0.2) is 11.6 Å². The molecule has 3 N–H and O–H groups in total. The van der Waals surface area contributed by atoms with Crippen LogP contribution in [0, 0.1) is 5.82 Å². The minimum absolute atomic E-state index is 0.201. The summed E-state index contributed by atoms with van der Waals surface area (Å²) in [6, 6.07) is 5.22. The minimum Gasteiger partial charge on any atom is -0.491 e. The fourth-order valence-corrected chi connectivity index (χ4v) is 2.72. The van der Waals surface area contributed by atoms with Gasteiger partial charge in [0.25, 0.3) is 0 Å². The zero-order chi connectivity index (χ0) is 14.5. The predicted octanol–water partition coefficient (Wildman–Crippen LogP) is 3.91. The van der Waals surface area contributed by atoms with Crippen molar-refractivity contribution in [2.45, 2.75) is 26.3 Å². The van der Waals surface area contributed by atoms with Crippen molar-refractivity contribution in [1.82, 2.24) is 0 Å². The summed E-state index contributed by atoms with van der Waals surface area (Å²) >= 11 is 1.68. The smallest absolute Gasteiger partial charge is 0.167 e. The maximum absolute atomic E-state index is 13.6. The summed E-state index contributed by atoms with van der Waals surface area (Å²) in [5.74, 6) is -0.202. The Kier molecular flexibility index (Phi) is 4.84. The van der Waals surface area contributed by atoms with Crippen LogP contribution < -0.4 is 15.8 Å². The van der Waals surface area contributed by atoms with Gasteiger partial charge in [-0.15, -0.1) is 0 Å². The van der Waals surface area contributed by atoms with Crippen LogP contribution in [0.4, 0.5) is 15.8 Å². The molecule has 108 valence electrons. The predicted molar refractivity (Wildman–Crippen MR) is 83.1 cm³/mol. The van der Waals surface area contributed by atoms with Crippen molar-refractivity contribution in [2.24, 2.45) is 0 Å². The Labute approximate surface area is 122 Å². The fourth-order valence-electron chi connectivity index (χ4n) is 2.04. The number of thiophene rings is 1. The second-order valence-electron chi connectivity index (χ2n) is 4.68. The van der Waals surface area contributed by atoms with Crippen molar-refractivity contribution in [3.63, 3.8) is 0 Å². The van der Waals surface area contributed by atoms with E-state index < -0.39 is 5.82 Å². The van der Waals surface area contributed by atoms with Crippen molar-refractivity contribution in [3.8, 4) is 5.75 Å². The number of hydrogen-bond donors (Lipinski definition) is 2. The number of hydrogen-bond acceptors (Lipinski definition) is 4. The lowest BCUT2D eigenvalue weighted by Gasteiger charge is -2.17. The molecule has 5 heteroatoms. The molecule has 2 aromatic rings. The van der Waals surface area contributed by atoms with E-state index >= 15 is 0 Å². The van der Waals surface area contributed by atoms with Crippen molar-refractivity contribution in [1.29, 1.82) is 0 Å². The molecule has 0 aliphatic rings. The third-order valence-electron chi connectivity index (χ3n) is 2.93. The maximum atomic E-state index is 13.6. The van der Waals surface area contributed by atoms with Gasteiger partial charge in [0, 0.05) is 18.2 Å². The van der Waals surface area contributed by atoms with Crippen LogP contribution >= 0.6 is 11.3 Å². The van der Waals surface area contributed by atoms with Crippen LogP contribution in [0.5, 0.6) is 5.75 Å². The molecule has 1 atom stereocenters. The van der Waals surface area contributed by atoms with Crippen LogP contribution in [0.15, 0.2) is 29.0 Å². The van der Waals surface area contributed by atoms with E-state index in [9.17, 15) is 4.39 Å². The standard InChI is InChI=1S/C15H19FN2OS/c1-3-19-15-8-14(13(17)7-12(15)16)18-10(2)6-11-4-5-20-9-11/h4-5,7-10,18H,3,6,17H2,1-2H3. The molecular formula is C15H19FN2OS. The van der Waals surface area contributed by atoms with Crippen LogP contribution in [-0.2, 0) is 6.42 Å². The Morgan fingerprint density at radius 2 is 2.25 bits per heavy atom. The number of nitrogens with two attached hydrogens (primary N) is 1. The lowest BCUT2D eigenvalue weighted by atomic mass is 10.1. The van der Waals surface area contributed by atoms with E-state index in [0.29, 0.717) is 18.0 Å². The van der Waals surface area contributed by atoms with Crippen molar-refractivity contribution >= 4 is 22.7 Å². The van der Waals surface area contributed by atoms with Gasteiger partial charge in [-0.2, -0.15) is 11.3 Å². The molecular weight excluding hydrogens is 275 g/mol. The molecule has 0 amide bonds. The molecule has 1 heterocycles. The molecule has 1 aromatic carbocycles. The van der Waals surface area contributed by atoms with Crippen LogP contribution in [0.2, 0.25) is 0 Å². The number of benzene rings is 1. The number of halogens is 1. The van der Waals surface area contributed by atoms with Gasteiger partial charge in [-0.1, -0.05) is 0 Å². The highest BCUT2D eigenvalue weighted by atomic mass is 32.1. The van der Waals surface area contributed by atoms with E-state index in [1.165, 1.54) is 11.6 Å². The van der Waals surface area contributed by atoms with Gasteiger partial charge in [-0.25, -0.2) is 4.39 Å². The molecule has 0 fully saturated rings. The van der Waals surface area contributed by atoms with Crippen LogP contribution in [-0.4, -0.2) is 12.6 Å². The summed E-state index contributed by atoms with van der Waals surface area (Å²) in [6.45, 7) is 4.31. The van der Waals surface area contributed by atoms with E-state index in [4.69, 9.17) is 10.5 Å². The molecule has 1 unspecified atom stereocenters. The van der Waals surface area contributed by atoms with Gasteiger partial charge >= 0.3 is 0 Å². The number of nitrogens with one attached hydrogen (secondary N) is 1. The third-order valence-corrected chi connectivity index (χ3v) is 3.66. The average molecular weight is 294 g/mol. The molecule has 0 bridgehead atoms. The first kappa shape index (κ1) is 14.7. The monoisotopic (exact) mass is 294 g/mol. The minimum atomic E-state index is -0.430. The molecule has 2 rings (SSSR count). The summed E-state index contributed by atoms with van der Waals surface area (Å²) in [7, 11) is 0. The van der Waals surface area contributed by atoms with Crippen LogP contribution in [0.25, 0.3) is 0 Å². The first-order valence-electron chi connectivity index (χ1n) is 6.59. The average Bonchev–Trinajstić information content (AvgIpc) is 2.88. The highest BCUT2D eigenvalue weighted by Gasteiger charge is 2.11. The van der Waals surface area contributed by atoms with Gasteiger partial charge in [0.05, 0.1) is 18.0 Å². The lowest BCUT2D eigenvalue weighted by molar-refractivity contribution is 0.322. The van der Waals surface area contributed by atoms with Gasteiger partial charge in [-0.3, -0.25) is 0 Å². The molecule has 3 nitrogen and oxygen atoms in total. The van der Waals surface area contributed by atoms with Crippen molar-refractivity contribution in [2.75, 3.05) is 17.7 Å². The second kappa shape index (κ2) is 6.61. The van der Waals surface area contributed by atoms with Crippen molar-refractivity contribution in [3.05, 3.63) is 40.3 Å². The number of rotatable bonds is 6. The Morgan fingerprint density at radius 3 is 2.90 bits per heavy atom. The molecule has 20 heavy (non-hydrogen) atoms. The summed E-state index contributed by atoms with van der Waals surface area (Å²) in [5, 5.41) is 7.49. The molecule has 1 aromatic heterocycles. The summed E-state index contributed by atoms with van der Waals surface area (Å²) in [6.07, 6.45) is 0.893. The second-order valence-corrected chi connectivity index (χ2v) is 5.46. The fraction of sp³-hybridized carbons (Fsp3) is 0.333. The van der Waals surface area contributed by atoms with E-state index in [-0.39, 0.29) is 11.8 Å². The van der Waals surface area contributed by atoms with E-state index in [2.05, 4.69) is 29.1 Å². The van der Waals surface area contributed by atoms with E-state index in [1.807, 2.05) is 6.92 Å². The zero-order valence-corrected chi connectivity index (χ0v) is 12.5. The van der Waals surface area contributed by atoms with Crippen LogP contribution in [0.3, 0.4) is 0 Å². The molecule has 0 saturated carbocycles. The van der Waals surface area contributed by atoms with Gasteiger partial charge in [0.1, 0.15) is 0 Å². The topological polar surface area (TPSA) is 47.3 Å². The zero-order valence-electron chi connectivity index (χ0n) is 11.7. The van der Waals surface area contributed by atoms with E-state index in [0.717, 1.165) is 6.42 Å². The van der Waals surface area contributed by atoms with Gasteiger partial charge < -0.3 is 15.8 Å². The third kappa shape index (κ3) is 3.63. The highest BCUT2D eigenvalue weighted by Crippen LogP contribution is 2.29. The SMILES string of the molecule is CCOc1cc(NC(C)Cc2ccsc2)c(N)cc1F. The molecule has 0 saturated heterocycles. The largest absolute Gasteiger partial charge is 0.491 e. The first-order chi connectivity index (χ1) is 9.60. The Morgan fingerprint density at radius 1 is 1.45 bits per heavy atom. The summed E-state index contributed by atoms with van der Waals surface area (Å²) in [4.78, 5) is 0.